The van der Waals surface area contributed by atoms with Gasteiger partial charge in [-0.05, 0) is 133 Å². The van der Waals surface area contributed by atoms with Gasteiger partial charge >= 0.3 is 18.6 Å². The second-order valence-electron chi connectivity index (χ2n) is 19.9. The van der Waals surface area contributed by atoms with Crippen molar-refractivity contribution in [3.63, 3.8) is 0 Å². The number of hydrogen-bond donors (Lipinski definition) is 2. The van der Waals surface area contributed by atoms with Gasteiger partial charge < -0.3 is 29.0 Å². The molecule has 0 radical (unpaired) electrons. The fourth-order valence-electron chi connectivity index (χ4n) is 13.1. The molecule has 1 amide bonds. The smallest absolute Gasteiger partial charge is 0.453 e. The molecule has 356 valence electrons. The van der Waals surface area contributed by atoms with Crippen molar-refractivity contribution < 1.29 is 60.0 Å². The van der Waals surface area contributed by atoms with Crippen LogP contribution in [0.15, 0.2) is 125 Å². The number of aliphatic hydroxyl groups excluding tert-OH is 1. The van der Waals surface area contributed by atoms with Crippen molar-refractivity contribution in [2.75, 3.05) is 6.54 Å². The van der Waals surface area contributed by atoms with Crippen molar-refractivity contribution in [2.45, 2.75) is 89.6 Å². The SMILES string of the molecule is CC12CCC(O)CC13C=CC1(C(C(=O)c4ccc(-c5cc(C(F)(F)F)ccc5Cl)o4)=C3)C2CCC2(C)C1CCC2(O)CN(Cc1ccc(OC(F)(F)F)cc1)C(=O)Oc1ccc2ccccc2c1. The van der Waals surface area contributed by atoms with E-state index in [-0.39, 0.29) is 59.2 Å². The fraction of sp³-hybridized carbons (Fsp3) is 0.396. The topological polar surface area (TPSA) is 109 Å². The van der Waals surface area contributed by atoms with E-state index in [1.54, 1.807) is 12.1 Å². The van der Waals surface area contributed by atoms with Crippen molar-refractivity contribution in [1.82, 2.24) is 4.90 Å². The van der Waals surface area contributed by atoms with E-state index in [0.29, 0.717) is 49.7 Å². The number of Topliss-reactive ketones (excluding diaryl/α,β-unsaturated/α-hetero) is 1. The maximum Gasteiger partial charge on any atom is 0.573 e. The Bertz CT molecular complexity index is 2890. The van der Waals surface area contributed by atoms with Crippen LogP contribution in [0.1, 0.15) is 80.5 Å². The van der Waals surface area contributed by atoms with Gasteiger partial charge in [0.25, 0.3) is 0 Å². The minimum Gasteiger partial charge on any atom is -0.453 e. The quantitative estimate of drug-likeness (QED) is 0.0860. The minimum atomic E-state index is -4.91. The van der Waals surface area contributed by atoms with Gasteiger partial charge in [0.15, 0.2) is 5.76 Å². The fourth-order valence-corrected chi connectivity index (χ4v) is 13.4. The molecule has 8 nitrogen and oxygen atoms in total. The van der Waals surface area contributed by atoms with Gasteiger partial charge in [-0.2, -0.15) is 13.2 Å². The van der Waals surface area contributed by atoms with Crippen LogP contribution in [0.3, 0.4) is 0 Å². The molecular formula is C53H48ClF6NO7. The maximum absolute atomic E-state index is 15.3. The van der Waals surface area contributed by atoms with Crippen LogP contribution in [0.4, 0.5) is 31.1 Å². The molecule has 15 heteroatoms. The Morgan fingerprint density at radius 1 is 0.809 bits per heavy atom. The molecule has 3 saturated carbocycles. The van der Waals surface area contributed by atoms with Crippen molar-refractivity contribution >= 4 is 34.2 Å². The number of alkyl halides is 6. The van der Waals surface area contributed by atoms with Crippen LogP contribution in [0.5, 0.6) is 11.5 Å². The number of ketones is 1. The van der Waals surface area contributed by atoms with E-state index < -0.39 is 69.1 Å². The van der Waals surface area contributed by atoms with Crippen LogP contribution < -0.4 is 9.47 Å². The molecule has 11 rings (SSSR count). The zero-order valence-corrected chi connectivity index (χ0v) is 37.9. The molecule has 6 aliphatic rings. The summed E-state index contributed by atoms with van der Waals surface area (Å²) >= 11 is 6.40. The van der Waals surface area contributed by atoms with E-state index >= 15 is 4.79 Å². The number of benzene rings is 4. The Labute approximate surface area is 393 Å². The average molecular weight is 960 g/mol. The van der Waals surface area contributed by atoms with Crippen LogP contribution in [0, 0.1) is 33.5 Å². The first kappa shape index (κ1) is 46.2. The lowest BCUT2D eigenvalue weighted by Gasteiger charge is -2.71. The predicted octanol–water partition coefficient (Wildman–Crippen LogP) is 13.1. The van der Waals surface area contributed by atoms with Crippen LogP contribution in [0.2, 0.25) is 5.02 Å². The number of carbonyl (C=O) groups is 2. The number of furan rings is 1. The van der Waals surface area contributed by atoms with Gasteiger partial charge in [0.05, 0.1) is 28.8 Å². The molecule has 0 aliphatic heterocycles. The summed E-state index contributed by atoms with van der Waals surface area (Å²) in [5, 5.41) is 26.2. The molecule has 1 aromatic heterocycles. The zero-order valence-electron chi connectivity index (χ0n) is 37.1. The van der Waals surface area contributed by atoms with Gasteiger partial charge in [-0.3, -0.25) is 4.79 Å². The number of carbonyl (C=O) groups excluding carboxylic acids is 2. The Balaban J connectivity index is 1.01. The number of halogens is 7. The predicted molar refractivity (Wildman–Crippen MR) is 241 cm³/mol. The number of allylic oxidation sites excluding steroid dienone is 4. The number of hydrogen-bond acceptors (Lipinski definition) is 7. The van der Waals surface area contributed by atoms with Crippen molar-refractivity contribution in [2.24, 2.45) is 33.5 Å². The molecule has 8 unspecified atom stereocenters. The lowest BCUT2D eigenvalue weighted by molar-refractivity contribution is -0.274. The zero-order chi connectivity index (χ0) is 48.2. The molecule has 2 spiro atoms. The van der Waals surface area contributed by atoms with Crippen molar-refractivity contribution in [3.05, 3.63) is 143 Å². The second-order valence-corrected chi connectivity index (χ2v) is 20.3. The lowest BCUT2D eigenvalue weighted by atomic mass is 9.32. The summed E-state index contributed by atoms with van der Waals surface area (Å²) in [5.74, 6) is -1.27. The van der Waals surface area contributed by atoms with E-state index in [2.05, 4.69) is 23.8 Å². The highest BCUT2D eigenvalue weighted by Crippen LogP contribution is 2.78. The van der Waals surface area contributed by atoms with Gasteiger partial charge in [0, 0.05) is 33.9 Å². The molecule has 68 heavy (non-hydrogen) atoms. The van der Waals surface area contributed by atoms with Gasteiger partial charge in [0.2, 0.25) is 5.78 Å². The number of aliphatic hydroxyl groups is 2. The third-order valence-corrected chi connectivity index (χ3v) is 16.8. The lowest BCUT2D eigenvalue weighted by Crippen LogP contribution is -2.67. The van der Waals surface area contributed by atoms with Gasteiger partial charge in [-0.15, -0.1) is 13.2 Å². The molecule has 2 bridgehead atoms. The number of amides is 1. The highest BCUT2D eigenvalue weighted by atomic mass is 35.5. The molecule has 5 aromatic rings. The first-order chi connectivity index (χ1) is 32.1. The van der Waals surface area contributed by atoms with E-state index in [9.17, 15) is 41.4 Å². The summed E-state index contributed by atoms with van der Waals surface area (Å²) in [6, 6.07) is 23.6. The van der Waals surface area contributed by atoms with Crippen LogP contribution in [0.25, 0.3) is 22.1 Å². The minimum absolute atomic E-state index is 0.00527. The molecule has 3 fully saturated rings. The standard InChI is InChI=1S/C53H48ClF6NO7/c1-47-20-17-35(62)27-49(47)23-24-51(39(28-49)45(63)42-16-15-41(67-42)38-26-34(52(55,56)57)10-14-40(38)54)43(47)18-21-48(2)44(51)19-22-50(48,65)30-61(29-31-7-11-36(12-8-31)68-53(58,59)60)46(64)66-37-13-9-32-5-3-4-6-33(32)25-37/h3-16,23-26,28,35,43-44,62,65H,17-22,27,29-30H2,1-2H3. The third-order valence-electron chi connectivity index (χ3n) is 16.5. The number of rotatable bonds is 9. The Hall–Kier alpha value is -5.57. The molecule has 2 N–H and O–H groups in total. The molecule has 8 atom stereocenters. The molecule has 1 heterocycles. The normalized spacial score (nSPS) is 30.6. The second kappa shape index (κ2) is 16.0. The summed E-state index contributed by atoms with van der Waals surface area (Å²) < 4.78 is 96.7. The average Bonchev–Trinajstić information content (AvgIpc) is 3.88. The monoisotopic (exact) mass is 959 g/mol. The van der Waals surface area contributed by atoms with Gasteiger partial charge in [-0.25, -0.2) is 4.79 Å². The van der Waals surface area contributed by atoms with Crippen LogP contribution in [-0.4, -0.2) is 51.6 Å². The molecular weight excluding hydrogens is 912 g/mol. The molecule has 6 aliphatic carbocycles. The molecule has 4 aromatic carbocycles. The Kier molecular flexibility index (Phi) is 10.9. The van der Waals surface area contributed by atoms with E-state index in [1.165, 1.54) is 29.2 Å². The Morgan fingerprint density at radius 2 is 1.50 bits per heavy atom. The Morgan fingerprint density at radius 3 is 2.24 bits per heavy atom. The summed E-state index contributed by atoms with van der Waals surface area (Å²) in [4.78, 5) is 31.1. The number of ether oxygens (including phenoxy) is 2. The summed E-state index contributed by atoms with van der Waals surface area (Å²) in [6.45, 7) is 3.85. The first-order valence-corrected chi connectivity index (χ1v) is 23.1. The first-order valence-electron chi connectivity index (χ1n) is 22.7. The van der Waals surface area contributed by atoms with Crippen molar-refractivity contribution in [1.29, 1.82) is 0 Å². The summed E-state index contributed by atoms with van der Waals surface area (Å²) in [5.41, 5.74) is -4.67. The van der Waals surface area contributed by atoms with E-state index in [1.807, 2.05) is 43.3 Å². The van der Waals surface area contributed by atoms with E-state index in [4.69, 9.17) is 20.8 Å². The number of fused-ring (bicyclic) bond motifs is 2. The van der Waals surface area contributed by atoms with E-state index in [0.717, 1.165) is 41.1 Å². The summed E-state index contributed by atoms with van der Waals surface area (Å²) in [6.07, 6.45) is -1.39. The van der Waals surface area contributed by atoms with Gasteiger partial charge in [-0.1, -0.05) is 86.1 Å². The van der Waals surface area contributed by atoms with Gasteiger partial charge in [0.1, 0.15) is 17.3 Å². The largest absolute Gasteiger partial charge is 0.573 e. The maximum atomic E-state index is 15.3. The highest BCUT2D eigenvalue weighted by molar-refractivity contribution is 6.33. The van der Waals surface area contributed by atoms with Crippen molar-refractivity contribution in [3.8, 4) is 22.8 Å². The van der Waals surface area contributed by atoms with Crippen LogP contribution in [-0.2, 0) is 12.7 Å². The third kappa shape index (κ3) is 7.44. The number of nitrogens with zero attached hydrogens (tertiary/aromatic N) is 1. The molecule has 0 saturated heterocycles. The highest BCUT2D eigenvalue weighted by Gasteiger charge is 2.74. The summed E-state index contributed by atoms with van der Waals surface area (Å²) in [7, 11) is 0. The van der Waals surface area contributed by atoms with Crippen LogP contribution >= 0.6 is 11.6 Å².